The quantitative estimate of drug-likeness (QED) is 0.726. The van der Waals surface area contributed by atoms with Crippen LogP contribution < -0.4 is 0 Å². The number of rotatable bonds is 3. The van der Waals surface area contributed by atoms with Gasteiger partial charge in [-0.3, -0.25) is 4.90 Å². The zero-order valence-electron chi connectivity index (χ0n) is 9.74. The van der Waals surface area contributed by atoms with E-state index in [2.05, 4.69) is 35.2 Å². The Hall–Kier alpha value is -0.530. The lowest BCUT2D eigenvalue weighted by Crippen LogP contribution is -2.35. The minimum Gasteiger partial charge on any atom is -0.295 e. The molecule has 1 aromatic rings. The van der Waals surface area contributed by atoms with Crippen molar-refractivity contribution < 1.29 is 0 Å². The lowest BCUT2D eigenvalue weighted by Gasteiger charge is -2.28. The minimum absolute atomic E-state index is 0.573. The number of hydrogen-bond donors (Lipinski definition) is 0. The average Bonchev–Trinajstić information content (AvgIpc) is 2.55. The van der Waals surface area contributed by atoms with Crippen LogP contribution in [0.25, 0.3) is 0 Å². The molecule has 0 bridgehead atoms. The first-order chi connectivity index (χ1) is 7.90. The molecule has 0 saturated carbocycles. The molecule has 1 heterocycles. The normalized spacial score (nSPS) is 22.9. The van der Waals surface area contributed by atoms with Crippen LogP contribution in [0.5, 0.6) is 0 Å². The van der Waals surface area contributed by atoms with Crippen LogP contribution in [0.1, 0.15) is 31.2 Å². The smallest absolute Gasteiger partial charge is 0.0379 e. The highest BCUT2D eigenvalue weighted by molar-refractivity contribution is 6.18. The van der Waals surface area contributed by atoms with Crippen molar-refractivity contribution in [3.8, 4) is 0 Å². The fourth-order valence-electron chi connectivity index (χ4n) is 2.44. The van der Waals surface area contributed by atoms with Crippen molar-refractivity contribution in [1.82, 2.24) is 4.90 Å². The van der Waals surface area contributed by atoms with Crippen LogP contribution in [0, 0.1) is 0 Å². The van der Waals surface area contributed by atoms with Gasteiger partial charge in [0, 0.05) is 18.5 Å². The van der Waals surface area contributed by atoms with Gasteiger partial charge in [0.05, 0.1) is 0 Å². The summed E-state index contributed by atoms with van der Waals surface area (Å²) in [5, 5.41) is 0. The van der Waals surface area contributed by atoms with Crippen LogP contribution in [-0.2, 0) is 6.54 Å². The molecule has 2 heteroatoms. The number of alkyl halides is 1. The van der Waals surface area contributed by atoms with Gasteiger partial charge in [-0.05, 0) is 24.9 Å². The van der Waals surface area contributed by atoms with Gasteiger partial charge in [0.1, 0.15) is 0 Å². The first kappa shape index (κ1) is 11.9. The highest BCUT2D eigenvalue weighted by atomic mass is 35.5. The van der Waals surface area contributed by atoms with E-state index in [0.29, 0.717) is 6.04 Å². The summed E-state index contributed by atoms with van der Waals surface area (Å²) in [4.78, 5) is 2.55. The Balaban J connectivity index is 2.00. The molecular weight excluding hydrogens is 218 g/mol. The summed E-state index contributed by atoms with van der Waals surface area (Å²) < 4.78 is 0. The summed E-state index contributed by atoms with van der Waals surface area (Å²) in [6, 6.07) is 11.3. The first-order valence-corrected chi connectivity index (χ1v) is 6.77. The van der Waals surface area contributed by atoms with E-state index < -0.39 is 0 Å². The van der Waals surface area contributed by atoms with Crippen LogP contribution in [0.15, 0.2) is 30.3 Å². The molecule has 16 heavy (non-hydrogen) atoms. The van der Waals surface area contributed by atoms with Gasteiger partial charge < -0.3 is 0 Å². The first-order valence-electron chi connectivity index (χ1n) is 6.24. The summed E-state index contributed by atoms with van der Waals surface area (Å²) >= 11 is 6.07. The molecule has 0 aliphatic carbocycles. The molecule has 88 valence electrons. The van der Waals surface area contributed by atoms with Crippen LogP contribution in [0.2, 0.25) is 0 Å². The average molecular weight is 238 g/mol. The summed E-state index contributed by atoms with van der Waals surface area (Å²) in [5.41, 5.74) is 1.40. The van der Waals surface area contributed by atoms with E-state index in [1.807, 2.05) is 0 Å². The summed E-state index contributed by atoms with van der Waals surface area (Å²) in [6.45, 7) is 2.25. The van der Waals surface area contributed by atoms with Crippen molar-refractivity contribution in [1.29, 1.82) is 0 Å². The molecule has 0 radical (unpaired) electrons. The van der Waals surface area contributed by atoms with Gasteiger partial charge >= 0.3 is 0 Å². The monoisotopic (exact) mass is 237 g/mol. The highest BCUT2D eigenvalue weighted by Gasteiger charge is 2.19. The zero-order valence-corrected chi connectivity index (χ0v) is 10.5. The van der Waals surface area contributed by atoms with Gasteiger partial charge in [-0.2, -0.15) is 0 Å². The van der Waals surface area contributed by atoms with Crippen molar-refractivity contribution in [2.45, 2.75) is 38.3 Å². The molecule has 1 nitrogen and oxygen atoms in total. The van der Waals surface area contributed by atoms with E-state index in [1.54, 1.807) is 0 Å². The lowest BCUT2D eigenvalue weighted by molar-refractivity contribution is 0.207. The van der Waals surface area contributed by atoms with E-state index in [0.717, 1.165) is 12.4 Å². The molecule has 1 fully saturated rings. The summed E-state index contributed by atoms with van der Waals surface area (Å²) in [6.07, 6.45) is 5.28. The maximum absolute atomic E-state index is 6.07. The van der Waals surface area contributed by atoms with Crippen LogP contribution in [-0.4, -0.2) is 23.4 Å². The molecule has 1 saturated heterocycles. The SMILES string of the molecule is ClCC1CCCCCN1Cc1ccccc1. The highest BCUT2D eigenvalue weighted by Crippen LogP contribution is 2.20. The molecule has 0 amide bonds. The zero-order chi connectivity index (χ0) is 11.2. The summed E-state index contributed by atoms with van der Waals surface area (Å²) in [5.74, 6) is 0.771. The number of nitrogens with zero attached hydrogens (tertiary/aromatic N) is 1. The lowest BCUT2D eigenvalue weighted by atomic mass is 10.1. The van der Waals surface area contributed by atoms with Crippen LogP contribution in [0.4, 0.5) is 0 Å². The Morgan fingerprint density at radius 1 is 1.12 bits per heavy atom. The van der Waals surface area contributed by atoms with Crippen molar-refractivity contribution in [3.05, 3.63) is 35.9 Å². The Morgan fingerprint density at radius 2 is 1.94 bits per heavy atom. The molecule has 1 aliphatic rings. The molecule has 0 aromatic heterocycles. The fraction of sp³-hybridized carbons (Fsp3) is 0.571. The topological polar surface area (TPSA) is 3.24 Å². The second-order valence-corrected chi connectivity index (χ2v) is 4.92. The Morgan fingerprint density at radius 3 is 2.69 bits per heavy atom. The third-order valence-electron chi connectivity index (χ3n) is 3.41. The van der Waals surface area contributed by atoms with Gasteiger partial charge in [-0.15, -0.1) is 11.6 Å². The van der Waals surface area contributed by atoms with E-state index in [9.17, 15) is 0 Å². The number of likely N-dealkylation sites (tertiary alicyclic amines) is 1. The molecule has 1 atom stereocenters. The molecule has 1 aliphatic heterocycles. The van der Waals surface area contributed by atoms with Crippen molar-refractivity contribution >= 4 is 11.6 Å². The van der Waals surface area contributed by atoms with Crippen LogP contribution >= 0.6 is 11.6 Å². The van der Waals surface area contributed by atoms with E-state index >= 15 is 0 Å². The van der Waals surface area contributed by atoms with E-state index in [-0.39, 0.29) is 0 Å². The number of benzene rings is 1. The molecule has 2 rings (SSSR count). The maximum Gasteiger partial charge on any atom is 0.0379 e. The third-order valence-corrected chi connectivity index (χ3v) is 3.76. The molecular formula is C14H20ClN. The predicted octanol–water partition coefficient (Wildman–Crippen LogP) is 3.67. The third kappa shape index (κ3) is 3.23. The number of hydrogen-bond acceptors (Lipinski definition) is 1. The fourth-order valence-corrected chi connectivity index (χ4v) is 2.79. The van der Waals surface area contributed by atoms with Gasteiger partial charge in [-0.25, -0.2) is 0 Å². The van der Waals surface area contributed by atoms with Crippen molar-refractivity contribution in [2.24, 2.45) is 0 Å². The van der Waals surface area contributed by atoms with Crippen molar-refractivity contribution in [2.75, 3.05) is 12.4 Å². The Kier molecular flexibility index (Phi) is 4.68. The van der Waals surface area contributed by atoms with E-state index in [1.165, 1.54) is 37.8 Å². The van der Waals surface area contributed by atoms with Gasteiger partial charge in [-0.1, -0.05) is 43.2 Å². The maximum atomic E-state index is 6.07. The molecule has 1 aromatic carbocycles. The molecule has 0 N–H and O–H groups in total. The Labute approximate surface area is 103 Å². The number of halogens is 1. The largest absolute Gasteiger partial charge is 0.295 e. The predicted molar refractivity (Wildman–Crippen MR) is 69.8 cm³/mol. The minimum atomic E-state index is 0.573. The van der Waals surface area contributed by atoms with E-state index in [4.69, 9.17) is 11.6 Å². The molecule has 1 unspecified atom stereocenters. The summed E-state index contributed by atoms with van der Waals surface area (Å²) in [7, 11) is 0. The second kappa shape index (κ2) is 6.27. The van der Waals surface area contributed by atoms with Gasteiger partial charge in [0.2, 0.25) is 0 Å². The van der Waals surface area contributed by atoms with Gasteiger partial charge in [0.25, 0.3) is 0 Å². The molecule has 0 spiro atoms. The standard InChI is InChI=1S/C14H20ClN/c15-11-14-9-5-2-6-10-16(14)12-13-7-3-1-4-8-13/h1,3-4,7-8,14H,2,5-6,9-12H2. The second-order valence-electron chi connectivity index (χ2n) is 4.61. The van der Waals surface area contributed by atoms with Gasteiger partial charge in [0.15, 0.2) is 0 Å². The van der Waals surface area contributed by atoms with Crippen molar-refractivity contribution in [3.63, 3.8) is 0 Å². The van der Waals surface area contributed by atoms with Crippen LogP contribution in [0.3, 0.4) is 0 Å². The Bertz CT molecular complexity index is 299.